The highest BCUT2D eigenvalue weighted by Gasteiger charge is 2.36. The van der Waals surface area contributed by atoms with E-state index in [2.05, 4.69) is 29.4 Å². The van der Waals surface area contributed by atoms with Crippen LogP contribution in [0.4, 0.5) is 4.79 Å². The Hall–Kier alpha value is -0.810. The molecule has 2 aliphatic rings. The minimum Gasteiger partial charge on any atom is -0.388 e. The van der Waals surface area contributed by atoms with Gasteiger partial charge in [-0.2, -0.15) is 0 Å². The minimum absolute atomic E-state index is 0.137. The number of piperidine rings is 1. The van der Waals surface area contributed by atoms with Crippen molar-refractivity contribution in [1.29, 1.82) is 0 Å². The standard InChI is InChI=1S/C17H33N3O2/c1-13(2)7-9-17(3,22)12-18-16(21)19-14-8-11-20-10-5-4-6-15(14)20/h13-15,22H,4-12H2,1-3H3,(H2,18,19,21). The maximum absolute atomic E-state index is 12.1. The van der Waals surface area contributed by atoms with Crippen LogP contribution >= 0.6 is 0 Å². The summed E-state index contributed by atoms with van der Waals surface area (Å²) in [6.45, 7) is 8.68. The van der Waals surface area contributed by atoms with Crippen molar-refractivity contribution in [2.45, 2.75) is 77.0 Å². The van der Waals surface area contributed by atoms with Gasteiger partial charge in [-0.15, -0.1) is 0 Å². The van der Waals surface area contributed by atoms with Gasteiger partial charge in [-0.1, -0.05) is 20.3 Å². The van der Waals surface area contributed by atoms with Gasteiger partial charge in [0, 0.05) is 25.2 Å². The minimum atomic E-state index is -0.825. The predicted molar refractivity (Wildman–Crippen MR) is 88.8 cm³/mol. The second-order valence-electron chi connectivity index (χ2n) is 7.75. The molecular formula is C17H33N3O2. The van der Waals surface area contributed by atoms with Crippen molar-refractivity contribution in [1.82, 2.24) is 15.5 Å². The van der Waals surface area contributed by atoms with Gasteiger partial charge in [-0.05, 0) is 51.5 Å². The molecule has 2 amide bonds. The van der Waals surface area contributed by atoms with E-state index in [9.17, 15) is 9.90 Å². The van der Waals surface area contributed by atoms with Gasteiger partial charge in [0.05, 0.1) is 5.60 Å². The number of urea groups is 1. The molecule has 0 aromatic rings. The van der Waals surface area contributed by atoms with Gasteiger partial charge in [0.25, 0.3) is 0 Å². The van der Waals surface area contributed by atoms with Gasteiger partial charge in [0.2, 0.25) is 0 Å². The van der Waals surface area contributed by atoms with Crippen LogP contribution in [0.3, 0.4) is 0 Å². The highest BCUT2D eigenvalue weighted by Crippen LogP contribution is 2.27. The summed E-state index contributed by atoms with van der Waals surface area (Å²) in [5, 5.41) is 16.3. The largest absolute Gasteiger partial charge is 0.388 e. The van der Waals surface area contributed by atoms with E-state index < -0.39 is 5.60 Å². The zero-order valence-corrected chi connectivity index (χ0v) is 14.4. The molecule has 0 bridgehead atoms. The maximum Gasteiger partial charge on any atom is 0.315 e. The molecule has 2 heterocycles. The van der Waals surface area contributed by atoms with Crippen molar-refractivity contribution >= 4 is 6.03 Å². The molecule has 2 fully saturated rings. The van der Waals surface area contributed by atoms with Crippen LogP contribution in [0.2, 0.25) is 0 Å². The molecule has 0 aliphatic carbocycles. The van der Waals surface area contributed by atoms with E-state index in [0.29, 0.717) is 24.9 Å². The summed E-state index contributed by atoms with van der Waals surface area (Å²) in [6.07, 6.45) is 6.47. The molecular weight excluding hydrogens is 278 g/mol. The van der Waals surface area contributed by atoms with Crippen LogP contribution in [-0.4, -0.2) is 53.4 Å². The van der Waals surface area contributed by atoms with E-state index in [1.165, 1.54) is 25.8 Å². The first kappa shape index (κ1) is 17.5. The van der Waals surface area contributed by atoms with Crippen LogP contribution in [0, 0.1) is 5.92 Å². The number of carbonyl (C=O) groups excluding carboxylic acids is 1. The van der Waals surface area contributed by atoms with Crippen LogP contribution < -0.4 is 10.6 Å². The molecule has 3 atom stereocenters. The molecule has 3 unspecified atom stereocenters. The first-order valence-corrected chi connectivity index (χ1v) is 8.88. The molecule has 2 aliphatic heterocycles. The Kier molecular flexibility index (Phi) is 6.09. The van der Waals surface area contributed by atoms with E-state index in [4.69, 9.17) is 0 Å². The van der Waals surface area contributed by atoms with Crippen LogP contribution in [-0.2, 0) is 0 Å². The van der Waals surface area contributed by atoms with Gasteiger partial charge < -0.3 is 15.7 Å². The molecule has 2 saturated heterocycles. The highest BCUT2D eigenvalue weighted by molar-refractivity contribution is 5.74. The Morgan fingerprint density at radius 1 is 1.32 bits per heavy atom. The monoisotopic (exact) mass is 311 g/mol. The molecule has 0 saturated carbocycles. The van der Waals surface area contributed by atoms with Crippen molar-refractivity contribution in [2.75, 3.05) is 19.6 Å². The van der Waals surface area contributed by atoms with E-state index in [-0.39, 0.29) is 12.1 Å². The van der Waals surface area contributed by atoms with E-state index in [0.717, 1.165) is 19.4 Å². The summed E-state index contributed by atoms with van der Waals surface area (Å²) in [7, 11) is 0. The summed E-state index contributed by atoms with van der Waals surface area (Å²) < 4.78 is 0. The van der Waals surface area contributed by atoms with E-state index >= 15 is 0 Å². The zero-order valence-electron chi connectivity index (χ0n) is 14.4. The van der Waals surface area contributed by atoms with Crippen molar-refractivity contribution in [2.24, 2.45) is 5.92 Å². The lowest BCUT2D eigenvalue weighted by Crippen LogP contribution is -2.52. The summed E-state index contributed by atoms with van der Waals surface area (Å²) in [6, 6.07) is 0.643. The van der Waals surface area contributed by atoms with E-state index in [1.807, 2.05) is 0 Å². The molecule has 0 spiro atoms. The summed E-state index contributed by atoms with van der Waals surface area (Å²) in [4.78, 5) is 14.6. The lowest BCUT2D eigenvalue weighted by Gasteiger charge is -2.32. The number of aliphatic hydroxyl groups is 1. The Labute approximate surface area is 134 Å². The molecule has 0 aromatic carbocycles. The van der Waals surface area contributed by atoms with Crippen LogP contribution in [0.15, 0.2) is 0 Å². The lowest BCUT2D eigenvalue weighted by atomic mass is 9.95. The number of carbonyl (C=O) groups is 1. The first-order chi connectivity index (χ1) is 10.4. The summed E-state index contributed by atoms with van der Waals surface area (Å²) in [5.41, 5.74) is -0.825. The fourth-order valence-electron chi connectivity index (χ4n) is 3.59. The third kappa shape index (κ3) is 5.13. The smallest absolute Gasteiger partial charge is 0.315 e. The van der Waals surface area contributed by atoms with Crippen LogP contribution in [0.5, 0.6) is 0 Å². The Morgan fingerprint density at radius 2 is 2.09 bits per heavy atom. The summed E-state index contributed by atoms with van der Waals surface area (Å²) in [5.74, 6) is 0.566. The number of nitrogens with zero attached hydrogens (tertiary/aromatic N) is 1. The third-order valence-corrected chi connectivity index (χ3v) is 5.06. The van der Waals surface area contributed by atoms with Crippen molar-refractivity contribution in [3.8, 4) is 0 Å². The highest BCUT2D eigenvalue weighted by atomic mass is 16.3. The molecule has 0 aromatic heterocycles. The lowest BCUT2D eigenvalue weighted by molar-refractivity contribution is 0.0475. The number of nitrogens with one attached hydrogen (secondary N) is 2. The number of amides is 2. The third-order valence-electron chi connectivity index (χ3n) is 5.06. The fourth-order valence-corrected chi connectivity index (χ4v) is 3.59. The molecule has 2 rings (SSSR count). The average Bonchev–Trinajstić information content (AvgIpc) is 2.87. The molecule has 5 heteroatoms. The maximum atomic E-state index is 12.1. The van der Waals surface area contributed by atoms with Crippen molar-refractivity contribution in [3.63, 3.8) is 0 Å². The molecule has 5 nitrogen and oxygen atoms in total. The van der Waals surface area contributed by atoms with Gasteiger partial charge in [-0.3, -0.25) is 4.90 Å². The average molecular weight is 311 g/mol. The quantitative estimate of drug-likeness (QED) is 0.704. The second kappa shape index (κ2) is 7.64. The van der Waals surface area contributed by atoms with E-state index in [1.54, 1.807) is 6.92 Å². The molecule has 22 heavy (non-hydrogen) atoms. The summed E-state index contributed by atoms with van der Waals surface area (Å²) >= 11 is 0. The van der Waals surface area contributed by atoms with Gasteiger partial charge in [0.1, 0.15) is 0 Å². The first-order valence-electron chi connectivity index (χ1n) is 8.88. The SMILES string of the molecule is CC(C)CCC(C)(O)CNC(=O)NC1CCN2CCCCC12. The Bertz CT molecular complexity index is 371. The Balaban J connectivity index is 1.71. The topological polar surface area (TPSA) is 64.6 Å². The van der Waals surface area contributed by atoms with Gasteiger partial charge in [-0.25, -0.2) is 4.79 Å². The van der Waals surface area contributed by atoms with Crippen LogP contribution in [0.25, 0.3) is 0 Å². The normalized spacial score (nSPS) is 28.2. The Morgan fingerprint density at radius 3 is 2.82 bits per heavy atom. The number of fused-ring (bicyclic) bond motifs is 1. The second-order valence-corrected chi connectivity index (χ2v) is 7.75. The van der Waals surface area contributed by atoms with Crippen LogP contribution in [0.1, 0.15) is 59.3 Å². The molecule has 0 radical (unpaired) electrons. The number of rotatable bonds is 6. The number of hydrogen-bond donors (Lipinski definition) is 3. The molecule has 3 N–H and O–H groups in total. The van der Waals surface area contributed by atoms with Crippen molar-refractivity contribution in [3.05, 3.63) is 0 Å². The van der Waals surface area contributed by atoms with Gasteiger partial charge >= 0.3 is 6.03 Å². The number of hydrogen-bond acceptors (Lipinski definition) is 3. The predicted octanol–water partition coefficient (Wildman–Crippen LogP) is 2.10. The van der Waals surface area contributed by atoms with Gasteiger partial charge in [0.15, 0.2) is 0 Å². The van der Waals surface area contributed by atoms with Crippen molar-refractivity contribution < 1.29 is 9.90 Å². The fraction of sp³-hybridized carbons (Fsp3) is 0.941. The zero-order chi connectivity index (χ0) is 16.2. The molecule has 128 valence electrons.